The minimum Gasteiger partial charge on any atom is -0.394 e. The van der Waals surface area contributed by atoms with Crippen molar-refractivity contribution in [1.82, 2.24) is 0 Å². The number of rotatable bonds is 2. The topological polar surface area (TPSA) is 105 Å². The van der Waals surface area contributed by atoms with Gasteiger partial charge in [-0.25, -0.2) is 0 Å². The number of methoxy groups -OCH3 is 1. The molecule has 0 spiro atoms. The van der Waals surface area contributed by atoms with Crippen LogP contribution in [0.15, 0.2) is 0 Å². The van der Waals surface area contributed by atoms with E-state index in [0.717, 1.165) is 0 Å². The highest BCUT2D eigenvalue weighted by atomic mass is 16.7. The molecule has 1 saturated heterocycles. The van der Waals surface area contributed by atoms with Gasteiger partial charge in [0.25, 0.3) is 0 Å². The first kappa shape index (κ1) is 10.8. The van der Waals surface area contributed by atoms with E-state index in [0.29, 0.717) is 0 Å². The Morgan fingerprint density at radius 3 is 2.46 bits per heavy atom. The molecule has 1 aliphatic heterocycles. The molecule has 0 amide bonds. The summed E-state index contributed by atoms with van der Waals surface area (Å²) in [6.45, 7) is -0.384. The lowest BCUT2D eigenvalue weighted by Gasteiger charge is -2.39. The van der Waals surface area contributed by atoms with Gasteiger partial charge in [-0.15, -0.1) is 0 Å². The maximum Gasteiger partial charge on any atom is 0.175 e. The van der Waals surface area contributed by atoms with Gasteiger partial charge in [0.1, 0.15) is 18.3 Å². The molecule has 5 N–H and O–H groups in total. The molecule has 0 aromatic carbocycles. The molecule has 13 heavy (non-hydrogen) atoms. The average molecular weight is 193 g/mol. The lowest BCUT2D eigenvalue weighted by Crippen LogP contribution is -2.62. The molecule has 0 aromatic rings. The van der Waals surface area contributed by atoms with Gasteiger partial charge in [0.05, 0.1) is 12.6 Å². The van der Waals surface area contributed by atoms with Crippen LogP contribution in [-0.4, -0.2) is 59.7 Å². The smallest absolute Gasteiger partial charge is 0.175 e. The van der Waals surface area contributed by atoms with Crippen LogP contribution in [-0.2, 0) is 9.47 Å². The maximum atomic E-state index is 9.40. The molecule has 0 saturated carbocycles. The standard InChI is InChI=1S/C7H15NO5/c1-12-7-4(8)6(11)5(10)3(2-9)13-7/h3-7,9-11H,2,8H2,1H3/t3-,4+,5-,6+,7?/m1/s1. The second-order valence-electron chi connectivity index (χ2n) is 3.02. The summed E-state index contributed by atoms with van der Waals surface area (Å²) in [6, 6.07) is -0.803. The van der Waals surface area contributed by atoms with Crippen molar-refractivity contribution in [2.75, 3.05) is 13.7 Å². The van der Waals surface area contributed by atoms with Gasteiger partial charge in [0.2, 0.25) is 0 Å². The van der Waals surface area contributed by atoms with Crippen molar-refractivity contribution in [1.29, 1.82) is 0 Å². The molecule has 78 valence electrons. The molecule has 6 heteroatoms. The first-order chi connectivity index (χ1) is 6.11. The van der Waals surface area contributed by atoms with Gasteiger partial charge in [0, 0.05) is 7.11 Å². The van der Waals surface area contributed by atoms with Crippen LogP contribution in [0.25, 0.3) is 0 Å². The Morgan fingerprint density at radius 2 is 2.00 bits per heavy atom. The van der Waals surface area contributed by atoms with E-state index in [2.05, 4.69) is 0 Å². The Balaban J connectivity index is 2.66. The monoisotopic (exact) mass is 193 g/mol. The van der Waals surface area contributed by atoms with Gasteiger partial charge in [-0.2, -0.15) is 0 Å². The van der Waals surface area contributed by atoms with Crippen molar-refractivity contribution in [3.05, 3.63) is 0 Å². The minimum absolute atomic E-state index is 0.384. The normalized spacial score (nSPS) is 46.4. The van der Waals surface area contributed by atoms with Crippen LogP contribution in [0.4, 0.5) is 0 Å². The van der Waals surface area contributed by atoms with E-state index in [9.17, 15) is 10.2 Å². The number of nitrogens with two attached hydrogens (primary N) is 1. The van der Waals surface area contributed by atoms with Crippen molar-refractivity contribution in [2.24, 2.45) is 5.73 Å². The SMILES string of the molecule is COC1O[C@H](CO)[C@@H](O)[C@@H](O)[C@@H]1N. The van der Waals surface area contributed by atoms with Crippen molar-refractivity contribution < 1.29 is 24.8 Å². The zero-order valence-electron chi connectivity index (χ0n) is 7.33. The molecule has 0 radical (unpaired) electrons. The highest BCUT2D eigenvalue weighted by molar-refractivity contribution is 4.91. The third-order valence-corrected chi connectivity index (χ3v) is 2.16. The third-order valence-electron chi connectivity index (χ3n) is 2.16. The number of aliphatic hydroxyl groups excluding tert-OH is 3. The Morgan fingerprint density at radius 1 is 1.38 bits per heavy atom. The van der Waals surface area contributed by atoms with E-state index in [-0.39, 0.29) is 6.61 Å². The Bertz CT molecular complexity index is 147. The second-order valence-corrected chi connectivity index (χ2v) is 3.02. The molecular formula is C7H15NO5. The molecule has 1 aliphatic rings. The lowest BCUT2D eigenvalue weighted by atomic mass is 9.98. The van der Waals surface area contributed by atoms with Crippen LogP contribution < -0.4 is 5.73 Å². The molecule has 1 unspecified atom stereocenters. The maximum absolute atomic E-state index is 9.40. The summed E-state index contributed by atoms with van der Waals surface area (Å²) < 4.78 is 9.90. The van der Waals surface area contributed by atoms with Gasteiger partial charge < -0.3 is 30.5 Å². The summed E-state index contributed by atoms with van der Waals surface area (Å²) in [4.78, 5) is 0. The Labute approximate surface area is 75.9 Å². The molecule has 1 heterocycles. The summed E-state index contributed by atoms with van der Waals surface area (Å²) in [5, 5.41) is 27.5. The Hall–Kier alpha value is -0.240. The van der Waals surface area contributed by atoms with Crippen LogP contribution in [0, 0.1) is 0 Å². The summed E-state index contributed by atoms with van der Waals surface area (Å²) in [6.07, 6.45) is -3.96. The van der Waals surface area contributed by atoms with Gasteiger partial charge >= 0.3 is 0 Å². The highest BCUT2D eigenvalue weighted by Crippen LogP contribution is 2.19. The molecular weight excluding hydrogens is 178 g/mol. The van der Waals surface area contributed by atoms with Crippen molar-refractivity contribution in [2.45, 2.75) is 30.6 Å². The van der Waals surface area contributed by atoms with Gasteiger partial charge in [-0.05, 0) is 0 Å². The molecule has 0 aromatic heterocycles. The van der Waals surface area contributed by atoms with Crippen LogP contribution in [0.3, 0.4) is 0 Å². The van der Waals surface area contributed by atoms with E-state index in [1.807, 2.05) is 0 Å². The summed E-state index contributed by atoms with van der Waals surface area (Å²) in [5.74, 6) is 0. The molecule has 5 atom stereocenters. The van der Waals surface area contributed by atoms with E-state index in [4.69, 9.17) is 20.3 Å². The van der Waals surface area contributed by atoms with Crippen molar-refractivity contribution in [3.63, 3.8) is 0 Å². The fourth-order valence-electron chi connectivity index (χ4n) is 1.32. The summed E-state index contributed by atoms with van der Waals surface area (Å²) in [5.41, 5.74) is 5.50. The van der Waals surface area contributed by atoms with Crippen molar-refractivity contribution >= 4 is 0 Å². The molecule has 0 bridgehead atoms. The number of ether oxygens (including phenoxy) is 2. The van der Waals surface area contributed by atoms with Gasteiger partial charge in [0.15, 0.2) is 6.29 Å². The summed E-state index contributed by atoms with van der Waals surface area (Å²) in [7, 11) is 1.38. The van der Waals surface area contributed by atoms with Crippen LogP contribution in [0.2, 0.25) is 0 Å². The largest absolute Gasteiger partial charge is 0.394 e. The van der Waals surface area contributed by atoms with Gasteiger partial charge in [-0.1, -0.05) is 0 Å². The quantitative estimate of drug-likeness (QED) is 0.383. The predicted molar refractivity (Wildman–Crippen MR) is 42.7 cm³/mol. The van der Waals surface area contributed by atoms with E-state index in [1.54, 1.807) is 0 Å². The first-order valence-electron chi connectivity index (χ1n) is 4.02. The average Bonchev–Trinajstić information content (AvgIpc) is 2.15. The number of hydrogen-bond acceptors (Lipinski definition) is 6. The van der Waals surface area contributed by atoms with E-state index < -0.39 is 30.6 Å². The Kier molecular flexibility index (Phi) is 3.60. The lowest BCUT2D eigenvalue weighted by molar-refractivity contribution is -0.257. The number of hydrogen-bond donors (Lipinski definition) is 4. The van der Waals surface area contributed by atoms with E-state index in [1.165, 1.54) is 7.11 Å². The minimum atomic E-state index is -1.17. The molecule has 6 nitrogen and oxygen atoms in total. The van der Waals surface area contributed by atoms with Gasteiger partial charge in [-0.3, -0.25) is 0 Å². The first-order valence-corrected chi connectivity index (χ1v) is 4.02. The molecule has 1 fully saturated rings. The highest BCUT2D eigenvalue weighted by Gasteiger charge is 2.42. The van der Waals surface area contributed by atoms with E-state index >= 15 is 0 Å². The molecule has 1 rings (SSSR count). The zero-order valence-corrected chi connectivity index (χ0v) is 7.33. The zero-order chi connectivity index (χ0) is 10.0. The summed E-state index contributed by atoms with van der Waals surface area (Å²) >= 11 is 0. The predicted octanol–water partition coefficient (Wildman–Crippen LogP) is -2.60. The molecule has 0 aliphatic carbocycles. The second kappa shape index (κ2) is 4.32. The van der Waals surface area contributed by atoms with Crippen LogP contribution in [0.1, 0.15) is 0 Å². The van der Waals surface area contributed by atoms with Crippen LogP contribution in [0.5, 0.6) is 0 Å². The van der Waals surface area contributed by atoms with Crippen molar-refractivity contribution in [3.8, 4) is 0 Å². The fraction of sp³-hybridized carbons (Fsp3) is 1.00. The fourth-order valence-corrected chi connectivity index (χ4v) is 1.32. The number of aliphatic hydroxyl groups is 3. The third kappa shape index (κ3) is 1.98. The van der Waals surface area contributed by atoms with Crippen LogP contribution >= 0.6 is 0 Å².